The summed E-state index contributed by atoms with van der Waals surface area (Å²) >= 11 is 6.29. The van der Waals surface area contributed by atoms with Gasteiger partial charge in [-0.15, -0.1) is 0 Å². The summed E-state index contributed by atoms with van der Waals surface area (Å²) in [5.41, 5.74) is 1.71. The van der Waals surface area contributed by atoms with E-state index in [0.717, 1.165) is 35.5 Å². The van der Waals surface area contributed by atoms with Crippen LogP contribution in [0, 0.1) is 0 Å². The molecule has 0 aliphatic carbocycles. The zero-order valence-electron chi connectivity index (χ0n) is 15.7. The van der Waals surface area contributed by atoms with E-state index in [1.165, 1.54) is 0 Å². The van der Waals surface area contributed by atoms with E-state index in [1.807, 2.05) is 42.6 Å². The van der Waals surface area contributed by atoms with Gasteiger partial charge in [-0.05, 0) is 30.7 Å². The molecule has 1 aliphatic rings. The van der Waals surface area contributed by atoms with Crippen LogP contribution in [-0.2, 0) is 0 Å². The van der Waals surface area contributed by atoms with Gasteiger partial charge in [0.25, 0.3) is 5.56 Å². The van der Waals surface area contributed by atoms with Gasteiger partial charge in [0.2, 0.25) is 0 Å². The molecule has 6 rings (SSSR count). The van der Waals surface area contributed by atoms with Gasteiger partial charge in [0.1, 0.15) is 23.3 Å². The topological polar surface area (TPSA) is 84.1 Å². The van der Waals surface area contributed by atoms with E-state index < -0.39 is 0 Å². The summed E-state index contributed by atoms with van der Waals surface area (Å²) in [5.74, 6) is 1.48. The second-order valence-corrected chi connectivity index (χ2v) is 7.63. The fourth-order valence-corrected chi connectivity index (χ4v) is 4.31. The molecule has 1 atom stereocenters. The van der Waals surface area contributed by atoms with Crippen molar-refractivity contribution in [1.82, 2.24) is 29.1 Å². The smallest absolute Gasteiger partial charge is 0.284 e. The van der Waals surface area contributed by atoms with Gasteiger partial charge in [0.05, 0.1) is 22.1 Å². The molecule has 1 N–H and O–H groups in total. The highest BCUT2D eigenvalue weighted by Gasteiger charge is 2.36. The Bertz CT molecular complexity index is 1450. The van der Waals surface area contributed by atoms with Crippen molar-refractivity contribution in [2.24, 2.45) is 0 Å². The Balaban J connectivity index is 1.57. The summed E-state index contributed by atoms with van der Waals surface area (Å²) in [6.45, 7) is 0.817. The number of aromatic amines is 1. The van der Waals surface area contributed by atoms with Gasteiger partial charge in [0, 0.05) is 18.9 Å². The predicted molar refractivity (Wildman–Crippen MR) is 114 cm³/mol. The maximum Gasteiger partial charge on any atom is 0.284 e. The van der Waals surface area contributed by atoms with Crippen molar-refractivity contribution in [3.05, 3.63) is 82.4 Å². The van der Waals surface area contributed by atoms with E-state index in [0.29, 0.717) is 16.4 Å². The predicted octanol–water partition coefficient (Wildman–Crippen LogP) is 3.36. The van der Waals surface area contributed by atoms with E-state index in [4.69, 9.17) is 16.7 Å². The van der Waals surface area contributed by atoms with Gasteiger partial charge in [-0.25, -0.2) is 14.5 Å². The van der Waals surface area contributed by atoms with E-state index in [1.54, 1.807) is 27.7 Å². The molecule has 30 heavy (non-hydrogen) atoms. The van der Waals surface area contributed by atoms with Crippen molar-refractivity contribution >= 4 is 34.0 Å². The summed E-state index contributed by atoms with van der Waals surface area (Å²) in [5, 5.41) is 6.13. The zero-order valence-corrected chi connectivity index (χ0v) is 16.5. The number of H-pyrrole nitrogens is 1. The molecule has 0 bridgehead atoms. The van der Waals surface area contributed by atoms with Gasteiger partial charge in [0.15, 0.2) is 5.82 Å². The fraction of sp³-hybridized carbons (Fsp3) is 0.143. The van der Waals surface area contributed by atoms with E-state index in [2.05, 4.69) is 19.9 Å². The van der Waals surface area contributed by atoms with Crippen LogP contribution in [0.4, 0.5) is 5.82 Å². The van der Waals surface area contributed by atoms with Crippen LogP contribution in [0.1, 0.15) is 18.3 Å². The fourth-order valence-electron chi connectivity index (χ4n) is 4.09. The number of fused-ring (bicyclic) bond motifs is 2. The highest BCUT2D eigenvalue weighted by atomic mass is 35.5. The minimum atomic E-state index is -0.192. The van der Waals surface area contributed by atoms with Crippen molar-refractivity contribution in [3.63, 3.8) is 0 Å². The first-order valence-electron chi connectivity index (χ1n) is 9.62. The van der Waals surface area contributed by atoms with Crippen LogP contribution in [0.5, 0.6) is 0 Å². The Morgan fingerprint density at radius 1 is 1.10 bits per heavy atom. The third-order valence-electron chi connectivity index (χ3n) is 5.60. The SMILES string of the molecule is O=c1c2c(Cl)ccn2nc([C@@H]2CCN2c2ncnc3[nH]ccc23)n1-c1ccccc1. The number of para-hydroxylation sites is 1. The molecule has 0 amide bonds. The Kier molecular flexibility index (Phi) is 3.69. The number of hydrogen-bond donors (Lipinski definition) is 1. The molecule has 5 heterocycles. The molecule has 1 aliphatic heterocycles. The van der Waals surface area contributed by atoms with E-state index >= 15 is 0 Å². The highest BCUT2D eigenvalue weighted by molar-refractivity contribution is 6.33. The molecule has 1 fully saturated rings. The van der Waals surface area contributed by atoms with Crippen molar-refractivity contribution < 1.29 is 0 Å². The van der Waals surface area contributed by atoms with Gasteiger partial charge in [-0.2, -0.15) is 5.10 Å². The normalized spacial score (nSPS) is 16.3. The number of rotatable bonds is 3. The zero-order chi connectivity index (χ0) is 20.2. The molecular weight excluding hydrogens is 402 g/mol. The molecular formula is C21H16ClN7O. The highest BCUT2D eigenvalue weighted by Crippen LogP contribution is 2.38. The van der Waals surface area contributed by atoms with E-state index in [9.17, 15) is 4.79 Å². The molecule has 8 nitrogen and oxygen atoms in total. The maximum atomic E-state index is 13.5. The van der Waals surface area contributed by atoms with Crippen LogP contribution in [0.3, 0.4) is 0 Å². The Labute approximate surface area is 175 Å². The third kappa shape index (κ3) is 2.40. The first-order valence-corrected chi connectivity index (χ1v) is 10.00. The molecule has 0 spiro atoms. The van der Waals surface area contributed by atoms with Crippen molar-refractivity contribution in [2.45, 2.75) is 12.5 Å². The Hall–Kier alpha value is -3.65. The summed E-state index contributed by atoms with van der Waals surface area (Å²) in [7, 11) is 0. The molecule has 9 heteroatoms. The molecule has 1 aromatic carbocycles. The number of anilines is 1. The second-order valence-electron chi connectivity index (χ2n) is 7.23. The first-order chi connectivity index (χ1) is 14.7. The minimum Gasteiger partial charge on any atom is -0.346 e. The number of hydrogen-bond acceptors (Lipinski definition) is 5. The summed E-state index contributed by atoms with van der Waals surface area (Å²) in [6.07, 6.45) is 5.98. The van der Waals surface area contributed by atoms with Gasteiger partial charge in [-0.1, -0.05) is 29.8 Å². The van der Waals surface area contributed by atoms with E-state index in [-0.39, 0.29) is 11.6 Å². The third-order valence-corrected chi connectivity index (χ3v) is 5.90. The lowest BCUT2D eigenvalue weighted by Gasteiger charge is -2.42. The quantitative estimate of drug-likeness (QED) is 0.486. The largest absolute Gasteiger partial charge is 0.346 e. The first kappa shape index (κ1) is 17.2. The van der Waals surface area contributed by atoms with Crippen molar-refractivity contribution in [3.8, 4) is 5.69 Å². The lowest BCUT2D eigenvalue weighted by molar-refractivity contribution is 0.424. The summed E-state index contributed by atoms with van der Waals surface area (Å²) in [4.78, 5) is 27.5. The average molecular weight is 418 g/mol. The standard InChI is InChI=1S/C21H16ClN7O/c22-15-7-11-28-17(15)21(30)29(13-4-2-1-3-5-13)20(26-28)16-8-10-27(16)19-14-6-9-23-18(14)24-12-25-19/h1-7,9,11-12,16H,8,10H2,(H,23,24,25)/t16-/m0/s1. The summed E-state index contributed by atoms with van der Waals surface area (Å²) < 4.78 is 3.23. The summed E-state index contributed by atoms with van der Waals surface area (Å²) in [6, 6.07) is 13.1. The molecule has 0 radical (unpaired) electrons. The molecule has 0 saturated carbocycles. The number of halogens is 1. The maximum absolute atomic E-state index is 13.5. The van der Waals surface area contributed by atoms with Crippen LogP contribution in [-0.4, -0.2) is 35.7 Å². The number of aromatic nitrogens is 6. The molecule has 1 saturated heterocycles. The molecule has 148 valence electrons. The lowest BCUT2D eigenvalue weighted by atomic mass is 10.0. The number of nitrogens with one attached hydrogen (secondary N) is 1. The van der Waals surface area contributed by atoms with Crippen LogP contribution >= 0.6 is 11.6 Å². The average Bonchev–Trinajstić information content (AvgIpc) is 3.35. The molecule has 0 unspecified atom stereocenters. The van der Waals surface area contributed by atoms with Crippen LogP contribution in [0.2, 0.25) is 5.02 Å². The Morgan fingerprint density at radius 3 is 2.77 bits per heavy atom. The molecule has 4 aromatic heterocycles. The number of nitrogens with zero attached hydrogens (tertiary/aromatic N) is 6. The number of benzene rings is 1. The van der Waals surface area contributed by atoms with Gasteiger partial charge < -0.3 is 9.88 Å². The van der Waals surface area contributed by atoms with Crippen LogP contribution in [0.25, 0.3) is 22.2 Å². The van der Waals surface area contributed by atoms with Gasteiger partial charge in [-0.3, -0.25) is 9.36 Å². The van der Waals surface area contributed by atoms with Crippen molar-refractivity contribution in [1.29, 1.82) is 0 Å². The monoisotopic (exact) mass is 417 g/mol. The lowest BCUT2D eigenvalue weighted by Crippen LogP contribution is -2.45. The molecule has 5 aromatic rings. The van der Waals surface area contributed by atoms with Crippen LogP contribution in [0.15, 0.2) is 66.0 Å². The Morgan fingerprint density at radius 2 is 1.97 bits per heavy atom. The van der Waals surface area contributed by atoms with Crippen molar-refractivity contribution in [2.75, 3.05) is 11.4 Å². The van der Waals surface area contributed by atoms with Gasteiger partial charge >= 0.3 is 0 Å². The minimum absolute atomic E-state index is 0.100. The second kappa shape index (κ2) is 6.43. The van der Waals surface area contributed by atoms with Crippen LogP contribution < -0.4 is 10.5 Å².